The Bertz CT molecular complexity index is 341. The Hall–Kier alpha value is -1.20. The molecule has 0 heterocycles. The standard InChI is InChI=1S/C9H11NO3S/c10-6-1-2-8(14-4-3-11)7(5-6)9(12)13/h1-2,5,11H,3-4,10H2,(H,12,13). The normalized spacial score (nSPS) is 10.1. The van der Waals surface area contributed by atoms with Gasteiger partial charge in [0.05, 0.1) is 12.2 Å². The Labute approximate surface area is 85.7 Å². The summed E-state index contributed by atoms with van der Waals surface area (Å²) in [4.78, 5) is 11.4. The lowest BCUT2D eigenvalue weighted by Gasteiger charge is -2.05. The summed E-state index contributed by atoms with van der Waals surface area (Å²) in [5.74, 6) is -0.526. The first-order valence-electron chi connectivity index (χ1n) is 4.01. The van der Waals surface area contributed by atoms with Crippen LogP contribution < -0.4 is 5.73 Å². The number of nitrogens with two attached hydrogens (primary N) is 1. The summed E-state index contributed by atoms with van der Waals surface area (Å²) >= 11 is 1.30. The van der Waals surface area contributed by atoms with Crippen molar-refractivity contribution in [2.75, 3.05) is 18.1 Å². The molecule has 0 spiro atoms. The second kappa shape index (κ2) is 4.88. The molecule has 1 rings (SSSR count). The fraction of sp³-hybridized carbons (Fsp3) is 0.222. The molecule has 0 saturated heterocycles. The van der Waals surface area contributed by atoms with E-state index in [0.717, 1.165) is 0 Å². The molecule has 0 saturated carbocycles. The zero-order valence-corrected chi connectivity index (χ0v) is 8.25. The number of anilines is 1. The van der Waals surface area contributed by atoms with E-state index in [2.05, 4.69) is 0 Å². The predicted molar refractivity (Wildman–Crippen MR) is 55.6 cm³/mol. The lowest BCUT2D eigenvalue weighted by Crippen LogP contribution is -2.01. The Morgan fingerprint density at radius 1 is 1.50 bits per heavy atom. The van der Waals surface area contributed by atoms with Crippen LogP contribution in [0.2, 0.25) is 0 Å². The summed E-state index contributed by atoms with van der Waals surface area (Å²) in [6, 6.07) is 4.72. The second-order valence-electron chi connectivity index (χ2n) is 2.63. The molecule has 0 fully saturated rings. The molecule has 0 aliphatic rings. The van der Waals surface area contributed by atoms with Gasteiger partial charge >= 0.3 is 5.97 Å². The van der Waals surface area contributed by atoms with Crippen LogP contribution in [-0.4, -0.2) is 28.5 Å². The predicted octanol–water partition coefficient (Wildman–Crippen LogP) is 1.05. The lowest BCUT2D eigenvalue weighted by molar-refractivity contribution is 0.0693. The maximum absolute atomic E-state index is 10.8. The largest absolute Gasteiger partial charge is 0.478 e. The van der Waals surface area contributed by atoms with Gasteiger partial charge in [0.25, 0.3) is 0 Å². The maximum Gasteiger partial charge on any atom is 0.336 e. The number of carboxylic acids is 1. The van der Waals surface area contributed by atoms with Gasteiger partial charge in [-0.3, -0.25) is 0 Å². The van der Waals surface area contributed by atoms with Crippen molar-refractivity contribution in [3.05, 3.63) is 23.8 Å². The van der Waals surface area contributed by atoms with Gasteiger partial charge in [0.15, 0.2) is 0 Å². The van der Waals surface area contributed by atoms with E-state index < -0.39 is 5.97 Å². The van der Waals surface area contributed by atoms with Crippen LogP contribution in [-0.2, 0) is 0 Å². The molecule has 0 aliphatic carbocycles. The number of nitrogen functional groups attached to an aromatic ring is 1. The highest BCUT2D eigenvalue weighted by Crippen LogP contribution is 2.24. The van der Waals surface area contributed by atoms with Crippen molar-refractivity contribution in [1.29, 1.82) is 0 Å². The molecule has 76 valence electrons. The molecule has 4 N–H and O–H groups in total. The molecule has 4 nitrogen and oxygen atoms in total. The monoisotopic (exact) mass is 213 g/mol. The molecule has 14 heavy (non-hydrogen) atoms. The molecule has 0 aromatic heterocycles. The zero-order valence-electron chi connectivity index (χ0n) is 7.43. The third-order valence-electron chi connectivity index (χ3n) is 1.58. The van der Waals surface area contributed by atoms with E-state index in [-0.39, 0.29) is 12.2 Å². The minimum atomic E-state index is -1.00. The van der Waals surface area contributed by atoms with Crippen molar-refractivity contribution in [2.24, 2.45) is 0 Å². The number of thioether (sulfide) groups is 1. The quantitative estimate of drug-likeness (QED) is 0.514. The highest BCUT2D eigenvalue weighted by molar-refractivity contribution is 7.99. The lowest BCUT2D eigenvalue weighted by atomic mass is 10.2. The zero-order chi connectivity index (χ0) is 10.6. The molecule has 1 aromatic carbocycles. The van der Waals surface area contributed by atoms with E-state index in [0.29, 0.717) is 16.3 Å². The van der Waals surface area contributed by atoms with Crippen LogP contribution in [0.1, 0.15) is 10.4 Å². The highest BCUT2D eigenvalue weighted by Gasteiger charge is 2.10. The smallest absolute Gasteiger partial charge is 0.336 e. The number of carboxylic acid groups (broad SMARTS) is 1. The highest BCUT2D eigenvalue weighted by atomic mass is 32.2. The number of hydrogen-bond donors (Lipinski definition) is 3. The Morgan fingerprint density at radius 3 is 2.79 bits per heavy atom. The summed E-state index contributed by atoms with van der Waals surface area (Å²) < 4.78 is 0. The minimum Gasteiger partial charge on any atom is -0.478 e. The van der Waals surface area contributed by atoms with Gasteiger partial charge < -0.3 is 15.9 Å². The van der Waals surface area contributed by atoms with Crippen LogP contribution in [0.5, 0.6) is 0 Å². The van der Waals surface area contributed by atoms with E-state index >= 15 is 0 Å². The van der Waals surface area contributed by atoms with Crippen LogP contribution >= 0.6 is 11.8 Å². The van der Waals surface area contributed by atoms with Crippen molar-refractivity contribution in [1.82, 2.24) is 0 Å². The van der Waals surface area contributed by atoms with Crippen LogP contribution in [0.3, 0.4) is 0 Å². The first-order valence-corrected chi connectivity index (χ1v) is 5.00. The molecule has 0 amide bonds. The summed E-state index contributed by atoms with van der Waals surface area (Å²) in [6.45, 7) is 0.0219. The van der Waals surface area contributed by atoms with Crippen LogP contribution in [0, 0.1) is 0 Å². The van der Waals surface area contributed by atoms with E-state index in [4.69, 9.17) is 15.9 Å². The number of benzene rings is 1. The van der Waals surface area contributed by atoms with Gasteiger partial charge in [-0.05, 0) is 18.2 Å². The van der Waals surface area contributed by atoms with Gasteiger partial charge in [-0.15, -0.1) is 11.8 Å². The number of aliphatic hydroxyl groups excluding tert-OH is 1. The molecule has 5 heteroatoms. The van der Waals surface area contributed by atoms with Gasteiger partial charge in [-0.1, -0.05) is 0 Å². The molecule has 0 atom stereocenters. The third kappa shape index (κ3) is 2.65. The molecule has 0 bridgehead atoms. The fourth-order valence-corrected chi connectivity index (χ4v) is 1.77. The summed E-state index contributed by atoms with van der Waals surface area (Å²) in [6.07, 6.45) is 0. The van der Waals surface area contributed by atoms with Crippen LogP contribution in [0.25, 0.3) is 0 Å². The minimum absolute atomic E-state index is 0.0219. The summed E-state index contributed by atoms with van der Waals surface area (Å²) in [7, 11) is 0. The SMILES string of the molecule is Nc1ccc(SCCO)c(C(=O)O)c1. The number of rotatable bonds is 4. The Kier molecular flexibility index (Phi) is 3.79. The average molecular weight is 213 g/mol. The van der Waals surface area contributed by atoms with Gasteiger partial charge in [-0.25, -0.2) is 4.79 Å². The van der Waals surface area contributed by atoms with Crippen molar-refractivity contribution in [2.45, 2.75) is 4.90 Å². The second-order valence-corrected chi connectivity index (χ2v) is 3.77. The molecule has 0 aliphatic heterocycles. The van der Waals surface area contributed by atoms with Gasteiger partial charge in [0.1, 0.15) is 0 Å². The first-order chi connectivity index (χ1) is 6.65. The maximum atomic E-state index is 10.8. The van der Waals surface area contributed by atoms with Crippen LogP contribution in [0.4, 0.5) is 5.69 Å². The van der Waals surface area contributed by atoms with Gasteiger partial charge in [-0.2, -0.15) is 0 Å². The molecule has 0 unspecified atom stereocenters. The Morgan fingerprint density at radius 2 is 2.21 bits per heavy atom. The topological polar surface area (TPSA) is 83.5 Å². The number of aliphatic hydroxyl groups is 1. The number of hydrogen-bond acceptors (Lipinski definition) is 4. The molecule has 0 radical (unpaired) electrons. The van der Waals surface area contributed by atoms with Crippen molar-refractivity contribution >= 4 is 23.4 Å². The summed E-state index contributed by atoms with van der Waals surface area (Å²) in [5, 5.41) is 17.5. The first kappa shape index (κ1) is 10.9. The van der Waals surface area contributed by atoms with Gasteiger partial charge in [0, 0.05) is 16.3 Å². The average Bonchev–Trinajstić information content (AvgIpc) is 2.15. The van der Waals surface area contributed by atoms with Crippen molar-refractivity contribution < 1.29 is 15.0 Å². The van der Waals surface area contributed by atoms with Gasteiger partial charge in [0.2, 0.25) is 0 Å². The third-order valence-corrected chi connectivity index (χ3v) is 2.64. The fourth-order valence-electron chi connectivity index (χ4n) is 0.996. The molecular formula is C9H11NO3S. The Balaban J connectivity index is 2.96. The molecule has 1 aromatic rings. The van der Waals surface area contributed by atoms with E-state index in [9.17, 15) is 4.79 Å². The number of carbonyl (C=O) groups is 1. The summed E-state index contributed by atoms with van der Waals surface area (Å²) in [5.41, 5.74) is 6.08. The van der Waals surface area contributed by atoms with E-state index in [1.54, 1.807) is 12.1 Å². The molecular weight excluding hydrogens is 202 g/mol. The number of aromatic carboxylic acids is 1. The van der Waals surface area contributed by atoms with E-state index in [1.165, 1.54) is 17.8 Å². The van der Waals surface area contributed by atoms with Crippen molar-refractivity contribution in [3.8, 4) is 0 Å². The van der Waals surface area contributed by atoms with Crippen LogP contribution in [0.15, 0.2) is 23.1 Å². The van der Waals surface area contributed by atoms with E-state index in [1.807, 2.05) is 0 Å². The van der Waals surface area contributed by atoms with Crippen molar-refractivity contribution in [3.63, 3.8) is 0 Å².